The van der Waals surface area contributed by atoms with E-state index in [1.54, 1.807) is 11.3 Å². The Morgan fingerprint density at radius 2 is 2.57 bits per heavy atom. The van der Waals surface area contributed by atoms with Crippen LogP contribution < -0.4 is 0 Å². The van der Waals surface area contributed by atoms with Crippen molar-refractivity contribution in [3.63, 3.8) is 0 Å². The largest absolute Gasteiger partial charge is 0.332 e. The van der Waals surface area contributed by atoms with Crippen LogP contribution in [0.2, 0.25) is 0 Å². The van der Waals surface area contributed by atoms with Gasteiger partial charge in [0, 0.05) is 6.54 Å². The third kappa shape index (κ3) is 1.60. The Labute approximate surface area is 87.9 Å². The van der Waals surface area contributed by atoms with Crippen LogP contribution >= 0.6 is 11.3 Å². The Morgan fingerprint density at radius 3 is 3.21 bits per heavy atom. The van der Waals surface area contributed by atoms with E-state index in [2.05, 4.69) is 23.4 Å². The Morgan fingerprint density at radius 1 is 1.71 bits per heavy atom. The Kier molecular flexibility index (Phi) is 2.68. The predicted molar refractivity (Wildman–Crippen MR) is 58.2 cm³/mol. The fourth-order valence-electron chi connectivity index (χ4n) is 1.96. The van der Waals surface area contributed by atoms with Gasteiger partial charge in [-0.1, -0.05) is 6.58 Å². The molecule has 0 spiro atoms. The average Bonchev–Trinajstić information content (AvgIpc) is 2.85. The van der Waals surface area contributed by atoms with Gasteiger partial charge in [-0.05, 0) is 41.3 Å². The summed E-state index contributed by atoms with van der Waals surface area (Å²) >= 11 is 1.68. The molecule has 1 aliphatic heterocycles. The highest BCUT2D eigenvalue weighted by molar-refractivity contribution is 7.07. The molecule has 1 fully saturated rings. The third-order valence-corrected chi connectivity index (χ3v) is 3.34. The summed E-state index contributed by atoms with van der Waals surface area (Å²) in [6.07, 6.45) is 3.58. The van der Waals surface area contributed by atoms with Gasteiger partial charge in [-0.3, -0.25) is 4.79 Å². The van der Waals surface area contributed by atoms with Crippen LogP contribution in [-0.2, 0) is 4.79 Å². The first-order valence-electron chi connectivity index (χ1n) is 4.78. The lowest BCUT2D eigenvalue weighted by atomic mass is 10.1. The highest BCUT2D eigenvalue weighted by atomic mass is 32.1. The third-order valence-electron chi connectivity index (χ3n) is 2.64. The minimum atomic E-state index is 0.0544. The zero-order valence-corrected chi connectivity index (χ0v) is 8.80. The minimum absolute atomic E-state index is 0.0544. The van der Waals surface area contributed by atoms with E-state index in [0.29, 0.717) is 0 Å². The van der Waals surface area contributed by atoms with E-state index in [0.717, 1.165) is 19.4 Å². The minimum Gasteiger partial charge on any atom is -0.332 e. The highest BCUT2D eigenvalue weighted by Gasteiger charge is 2.28. The first-order valence-corrected chi connectivity index (χ1v) is 5.72. The van der Waals surface area contributed by atoms with Gasteiger partial charge in [0.1, 0.15) is 0 Å². The van der Waals surface area contributed by atoms with Gasteiger partial charge in [-0.2, -0.15) is 11.3 Å². The van der Waals surface area contributed by atoms with Crippen LogP contribution in [0.3, 0.4) is 0 Å². The van der Waals surface area contributed by atoms with Crippen molar-refractivity contribution in [3.8, 4) is 0 Å². The molecule has 0 saturated carbocycles. The van der Waals surface area contributed by atoms with Crippen molar-refractivity contribution >= 4 is 17.2 Å². The Balaban J connectivity index is 2.19. The molecular formula is C11H13NOS. The number of likely N-dealkylation sites (tertiary alicyclic amines) is 1. The van der Waals surface area contributed by atoms with Crippen molar-refractivity contribution in [2.24, 2.45) is 0 Å². The van der Waals surface area contributed by atoms with Crippen LogP contribution in [-0.4, -0.2) is 17.4 Å². The van der Waals surface area contributed by atoms with Gasteiger partial charge in [0.15, 0.2) is 0 Å². The van der Waals surface area contributed by atoms with Crippen molar-refractivity contribution in [1.82, 2.24) is 4.90 Å². The van der Waals surface area contributed by atoms with E-state index in [1.807, 2.05) is 4.90 Å². The quantitative estimate of drug-likeness (QED) is 0.683. The van der Waals surface area contributed by atoms with Gasteiger partial charge >= 0.3 is 0 Å². The topological polar surface area (TPSA) is 20.3 Å². The monoisotopic (exact) mass is 207 g/mol. The molecule has 14 heavy (non-hydrogen) atoms. The van der Waals surface area contributed by atoms with Crippen LogP contribution in [0.15, 0.2) is 29.5 Å². The number of carbonyl (C=O) groups excluding carboxylic acids is 1. The molecule has 1 aromatic rings. The molecule has 2 rings (SSSR count). The summed E-state index contributed by atoms with van der Waals surface area (Å²) in [7, 11) is 0. The van der Waals surface area contributed by atoms with Crippen LogP contribution in [0, 0.1) is 0 Å². The maximum Gasteiger partial charge on any atom is 0.246 e. The van der Waals surface area contributed by atoms with Gasteiger partial charge < -0.3 is 4.90 Å². The summed E-state index contributed by atoms with van der Waals surface area (Å²) < 4.78 is 0. The van der Waals surface area contributed by atoms with Gasteiger partial charge in [0.25, 0.3) is 0 Å². The molecule has 0 bridgehead atoms. The number of nitrogens with zero attached hydrogens (tertiary/aromatic N) is 1. The second kappa shape index (κ2) is 3.96. The number of hydrogen-bond donors (Lipinski definition) is 0. The molecule has 1 aromatic heterocycles. The normalized spacial score (nSPS) is 21.1. The molecule has 0 N–H and O–H groups in total. The predicted octanol–water partition coefficient (Wildman–Crippen LogP) is 2.60. The smallest absolute Gasteiger partial charge is 0.246 e. The average molecular weight is 207 g/mol. The zero-order valence-electron chi connectivity index (χ0n) is 7.98. The van der Waals surface area contributed by atoms with E-state index in [-0.39, 0.29) is 11.9 Å². The number of thiophene rings is 1. The number of rotatable bonds is 2. The molecule has 0 radical (unpaired) electrons. The number of amides is 1. The van der Waals surface area contributed by atoms with E-state index < -0.39 is 0 Å². The van der Waals surface area contributed by atoms with E-state index in [1.165, 1.54) is 11.6 Å². The summed E-state index contributed by atoms with van der Waals surface area (Å²) in [6, 6.07) is 2.39. The standard InChI is InChI=1S/C11H13NOS/c1-2-11(13)12-6-3-4-10(12)9-5-7-14-8-9/h2,5,7-8,10H,1,3-4,6H2/t10-/m0/s1. The molecule has 0 aromatic carbocycles. The first-order chi connectivity index (χ1) is 6.83. The molecule has 2 nitrogen and oxygen atoms in total. The number of carbonyl (C=O) groups is 1. The van der Waals surface area contributed by atoms with Crippen molar-refractivity contribution in [2.45, 2.75) is 18.9 Å². The summed E-state index contributed by atoms with van der Waals surface area (Å²) in [6.45, 7) is 4.40. The van der Waals surface area contributed by atoms with E-state index in [4.69, 9.17) is 0 Å². The molecule has 0 unspecified atom stereocenters. The maximum atomic E-state index is 11.5. The Bertz CT molecular complexity index is 331. The maximum absolute atomic E-state index is 11.5. The van der Waals surface area contributed by atoms with E-state index in [9.17, 15) is 4.79 Å². The highest BCUT2D eigenvalue weighted by Crippen LogP contribution is 2.32. The van der Waals surface area contributed by atoms with Gasteiger partial charge in [-0.15, -0.1) is 0 Å². The molecule has 3 heteroatoms. The van der Waals surface area contributed by atoms with Gasteiger partial charge in [-0.25, -0.2) is 0 Å². The summed E-state index contributed by atoms with van der Waals surface area (Å²) in [5.41, 5.74) is 1.27. The summed E-state index contributed by atoms with van der Waals surface area (Å²) in [5, 5.41) is 4.18. The van der Waals surface area contributed by atoms with Crippen molar-refractivity contribution in [1.29, 1.82) is 0 Å². The molecular weight excluding hydrogens is 194 g/mol. The van der Waals surface area contributed by atoms with Crippen molar-refractivity contribution in [2.75, 3.05) is 6.54 Å². The SMILES string of the molecule is C=CC(=O)N1CCC[C@H]1c1ccsc1. The van der Waals surface area contributed by atoms with E-state index >= 15 is 0 Å². The van der Waals surface area contributed by atoms with Crippen LogP contribution in [0.5, 0.6) is 0 Å². The molecule has 1 atom stereocenters. The second-order valence-corrected chi connectivity index (χ2v) is 4.23. The lowest BCUT2D eigenvalue weighted by Gasteiger charge is -2.22. The second-order valence-electron chi connectivity index (χ2n) is 3.45. The van der Waals surface area contributed by atoms with Crippen LogP contribution in [0.4, 0.5) is 0 Å². The summed E-state index contributed by atoms with van der Waals surface area (Å²) in [4.78, 5) is 13.4. The van der Waals surface area contributed by atoms with Crippen molar-refractivity contribution < 1.29 is 4.79 Å². The van der Waals surface area contributed by atoms with Gasteiger partial charge in [0.05, 0.1) is 6.04 Å². The fourth-order valence-corrected chi connectivity index (χ4v) is 2.67. The first kappa shape index (κ1) is 9.46. The molecule has 1 saturated heterocycles. The van der Waals surface area contributed by atoms with Crippen LogP contribution in [0.1, 0.15) is 24.4 Å². The number of hydrogen-bond acceptors (Lipinski definition) is 2. The molecule has 0 aliphatic carbocycles. The fraction of sp³-hybridized carbons (Fsp3) is 0.364. The summed E-state index contributed by atoms with van der Waals surface area (Å²) in [5.74, 6) is 0.0544. The lowest BCUT2D eigenvalue weighted by Crippen LogP contribution is -2.28. The van der Waals surface area contributed by atoms with Crippen LogP contribution in [0.25, 0.3) is 0 Å². The van der Waals surface area contributed by atoms with Crippen molar-refractivity contribution in [3.05, 3.63) is 35.0 Å². The Hall–Kier alpha value is -1.09. The zero-order chi connectivity index (χ0) is 9.97. The molecule has 74 valence electrons. The molecule has 2 heterocycles. The van der Waals surface area contributed by atoms with Gasteiger partial charge in [0.2, 0.25) is 5.91 Å². The lowest BCUT2D eigenvalue weighted by molar-refractivity contribution is -0.126. The molecule has 1 amide bonds. The molecule has 1 aliphatic rings.